The van der Waals surface area contributed by atoms with Crippen molar-refractivity contribution in [2.24, 2.45) is 17.8 Å². The first-order valence-corrected chi connectivity index (χ1v) is 18.5. The molecule has 6 rings (SSSR count). The zero-order chi connectivity index (χ0) is 34.1. The lowest BCUT2D eigenvalue weighted by atomic mass is 9.59. The van der Waals surface area contributed by atoms with Crippen molar-refractivity contribution < 1.29 is 14.6 Å². The highest BCUT2D eigenvalue weighted by molar-refractivity contribution is 6.30. The zero-order valence-corrected chi connectivity index (χ0v) is 30.3. The van der Waals surface area contributed by atoms with Crippen molar-refractivity contribution in [2.75, 3.05) is 25.5 Å². The number of benzene rings is 2. The number of halogens is 1. The minimum Gasteiger partial charge on any atom is -0.493 e. The molecule has 1 aromatic heterocycles. The molecule has 0 saturated heterocycles. The highest BCUT2D eigenvalue weighted by Gasteiger charge is 2.54. The zero-order valence-electron chi connectivity index (χ0n) is 29.5. The number of anilines is 1. The van der Waals surface area contributed by atoms with Crippen molar-refractivity contribution in [2.45, 2.75) is 109 Å². The van der Waals surface area contributed by atoms with E-state index in [4.69, 9.17) is 16.3 Å². The summed E-state index contributed by atoms with van der Waals surface area (Å²) >= 11 is 6.29. The number of carboxylic acids is 1. The van der Waals surface area contributed by atoms with Crippen molar-refractivity contribution in [3.63, 3.8) is 0 Å². The van der Waals surface area contributed by atoms with Gasteiger partial charge in [-0.1, -0.05) is 63.6 Å². The lowest BCUT2D eigenvalue weighted by Crippen LogP contribution is -2.53. The van der Waals surface area contributed by atoms with E-state index in [0.29, 0.717) is 48.1 Å². The molecule has 3 atom stereocenters. The second-order valence-electron chi connectivity index (χ2n) is 15.8. The van der Waals surface area contributed by atoms with E-state index < -0.39 is 11.5 Å². The number of pyridine rings is 1. The Hall–Kier alpha value is -3.09. The Kier molecular flexibility index (Phi) is 10.4. The molecule has 0 bridgehead atoms. The predicted octanol–water partition coefficient (Wildman–Crippen LogP) is 9.29. The fourth-order valence-electron chi connectivity index (χ4n) is 9.24. The highest BCUT2D eigenvalue weighted by atomic mass is 35.5. The van der Waals surface area contributed by atoms with Crippen molar-refractivity contribution >= 4 is 23.3 Å². The molecule has 0 unspecified atom stereocenters. The van der Waals surface area contributed by atoms with Gasteiger partial charge in [-0.3, -0.25) is 4.98 Å². The summed E-state index contributed by atoms with van der Waals surface area (Å²) in [5.41, 5.74) is 6.42. The molecule has 1 saturated carbocycles. The average Bonchev–Trinajstić information content (AvgIpc) is 3.32. The number of fused-ring (bicyclic) bond motifs is 3. The minimum atomic E-state index is -1.02. The fourth-order valence-corrected chi connectivity index (χ4v) is 9.43. The number of ether oxygens (including phenoxy) is 1. The summed E-state index contributed by atoms with van der Waals surface area (Å²) in [7, 11) is 2.21. The van der Waals surface area contributed by atoms with Crippen LogP contribution in [0.5, 0.6) is 5.75 Å². The monoisotopic (exact) mass is 671 g/mol. The first-order valence-electron chi connectivity index (χ1n) is 18.2. The van der Waals surface area contributed by atoms with Crippen LogP contribution in [-0.2, 0) is 29.6 Å². The molecule has 0 amide bonds. The van der Waals surface area contributed by atoms with Crippen molar-refractivity contribution in [3.05, 3.63) is 87.7 Å². The summed E-state index contributed by atoms with van der Waals surface area (Å²) in [6, 6.07) is 16.6. The molecule has 3 aromatic rings. The van der Waals surface area contributed by atoms with Crippen LogP contribution in [0, 0.1) is 17.8 Å². The van der Waals surface area contributed by atoms with Gasteiger partial charge in [0, 0.05) is 41.3 Å². The Labute approximate surface area is 292 Å². The molecular weight excluding hydrogens is 618 g/mol. The number of hydrogen-bond donors (Lipinski definition) is 2. The van der Waals surface area contributed by atoms with E-state index in [1.54, 1.807) is 0 Å². The molecule has 2 aromatic carbocycles. The van der Waals surface area contributed by atoms with Gasteiger partial charge < -0.3 is 20.1 Å². The van der Waals surface area contributed by atoms with Gasteiger partial charge in [-0.15, -0.1) is 0 Å². The summed E-state index contributed by atoms with van der Waals surface area (Å²) in [5, 5.41) is 14.7. The largest absolute Gasteiger partial charge is 0.493 e. The number of nitrogens with one attached hydrogen (secondary N) is 1. The lowest BCUT2D eigenvalue weighted by Gasteiger charge is -2.47. The van der Waals surface area contributed by atoms with E-state index in [0.717, 1.165) is 56.6 Å². The number of nitrogens with zero attached hydrogens (tertiary/aromatic N) is 2. The molecule has 1 fully saturated rings. The van der Waals surface area contributed by atoms with Crippen molar-refractivity contribution in [1.82, 2.24) is 9.88 Å². The summed E-state index contributed by atoms with van der Waals surface area (Å²) in [6.45, 7) is 11.8. The maximum atomic E-state index is 13.0. The van der Waals surface area contributed by atoms with E-state index in [1.807, 2.05) is 30.5 Å². The van der Waals surface area contributed by atoms with E-state index >= 15 is 0 Å². The summed E-state index contributed by atoms with van der Waals surface area (Å²) in [6.07, 6.45) is 10.2. The molecule has 6 nitrogen and oxygen atoms in total. The van der Waals surface area contributed by atoms with Gasteiger partial charge in [0.2, 0.25) is 0 Å². The van der Waals surface area contributed by atoms with E-state index in [2.05, 4.69) is 74.2 Å². The number of aliphatic carboxylic acids is 1. The van der Waals surface area contributed by atoms with Crippen LogP contribution < -0.4 is 10.1 Å². The summed E-state index contributed by atoms with van der Waals surface area (Å²) < 4.78 is 6.59. The van der Waals surface area contributed by atoms with E-state index in [1.165, 1.54) is 40.8 Å². The lowest BCUT2D eigenvalue weighted by molar-refractivity contribution is -0.144. The van der Waals surface area contributed by atoms with Gasteiger partial charge in [0.05, 0.1) is 6.61 Å². The summed E-state index contributed by atoms with van der Waals surface area (Å²) in [5.74, 6) is 2.10. The molecule has 0 radical (unpaired) electrons. The van der Waals surface area contributed by atoms with Gasteiger partial charge in [-0.25, -0.2) is 4.79 Å². The second kappa shape index (κ2) is 14.4. The average molecular weight is 672 g/mol. The SMILES string of the molecule is CC(C)CN(C)Cc1ccc2c(c1)C1(CCC(Nc3cccc(Cl)c3)(C(=O)O)CC1)[C@@H](C[C@@H](C)COc1ccnc3c1[C@H](C)CCC3)C2. The Bertz CT molecular complexity index is 1600. The number of carbonyl (C=O) groups is 1. The number of carboxylic acid groups (broad SMARTS) is 1. The Morgan fingerprint density at radius 2 is 1.92 bits per heavy atom. The van der Waals surface area contributed by atoms with Crippen molar-refractivity contribution in [1.29, 1.82) is 0 Å². The number of rotatable bonds is 12. The maximum Gasteiger partial charge on any atom is 0.329 e. The third-order valence-corrected chi connectivity index (χ3v) is 11.7. The Morgan fingerprint density at radius 1 is 1.12 bits per heavy atom. The minimum absolute atomic E-state index is 0.0600. The van der Waals surface area contributed by atoms with Gasteiger partial charge in [0.15, 0.2) is 0 Å². The smallest absolute Gasteiger partial charge is 0.329 e. The first kappa shape index (κ1) is 34.8. The number of hydrogen-bond acceptors (Lipinski definition) is 5. The highest BCUT2D eigenvalue weighted by Crippen LogP contribution is 2.56. The quantitative estimate of drug-likeness (QED) is 0.200. The topological polar surface area (TPSA) is 74.7 Å². The van der Waals surface area contributed by atoms with Crippen LogP contribution in [-0.4, -0.2) is 46.7 Å². The van der Waals surface area contributed by atoms with Crippen LogP contribution in [0.4, 0.5) is 5.69 Å². The molecule has 3 aliphatic rings. The molecule has 258 valence electrons. The molecule has 48 heavy (non-hydrogen) atoms. The first-order chi connectivity index (χ1) is 23.0. The molecule has 0 aliphatic heterocycles. The Balaban J connectivity index is 1.24. The predicted molar refractivity (Wildman–Crippen MR) is 195 cm³/mol. The van der Waals surface area contributed by atoms with Gasteiger partial charge in [0.25, 0.3) is 0 Å². The van der Waals surface area contributed by atoms with Crippen LogP contribution in [0.2, 0.25) is 5.02 Å². The molecule has 3 aliphatic carbocycles. The Morgan fingerprint density at radius 3 is 2.65 bits per heavy atom. The molecule has 2 N–H and O–H groups in total. The molecular formula is C41H54ClN3O3. The van der Waals surface area contributed by atoms with Crippen LogP contribution >= 0.6 is 11.6 Å². The van der Waals surface area contributed by atoms with E-state index in [9.17, 15) is 9.90 Å². The van der Waals surface area contributed by atoms with Gasteiger partial charge >= 0.3 is 5.97 Å². The molecule has 1 spiro atoms. The molecule has 1 heterocycles. The third-order valence-electron chi connectivity index (χ3n) is 11.5. The summed E-state index contributed by atoms with van der Waals surface area (Å²) in [4.78, 5) is 20.0. The molecule has 7 heteroatoms. The normalized spacial score (nSPS) is 25.6. The van der Waals surface area contributed by atoms with Gasteiger partial charge in [-0.2, -0.15) is 0 Å². The fraction of sp³-hybridized carbons (Fsp3) is 0.561. The van der Waals surface area contributed by atoms with E-state index in [-0.39, 0.29) is 5.41 Å². The van der Waals surface area contributed by atoms with Crippen LogP contribution in [0.3, 0.4) is 0 Å². The second-order valence-corrected chi connectivity index (χ2v) is 16.2. The van der Waals surface area contributed by atoms with Crippen LogP contribution in [0.25, 0.3) is 0 Å². The third kappa shape index (κ3) is 7.26. The van der Waals surface area contributed by atoms with Crippen LogP contribution in [0.1, 0.15) is 107 Å². The van der Waals surface area contributed by atoms with Gasteiger partial charge in [-0.05, 0) is 135 Å². The maximum absolute atomic E-state index is 13.0. The standard InChI is InChI=1S/C41H54ClN3O3/c1-27(2)24-45(5)25-30-12-13-31-22-32(20-28(3)26-48-37-14-19-43-36-11-6-8-29(4)38(36)37)40(35(31)21-30)15-17-41(18-16-40,39(46)47)44-34-10-7-9-33(42)23-34/h7,9-10,12-14,19,21,23,27-29,32,44H,6,8,11,15-18,20,22,24-26H2,1-5H3,(H,46,47)/t28-,29-,32+,40?,41?/m1/s1. The van der Waals surface area contributed by atoms with Gasteiger partial charge in [0.1, 0.15) is 11.3 Å². The number of aromatic nitrogens is 1. The van der Waals surface area contributed by atoms with Crippen molar-refractivity contribution in [3.8, 4) is 5.75 Å². The van der Waals surface area contributed by atoms with Crippen LogP contribution in [0.15, 0.2) is 54.7 Å². The number of aryl methyl sites for hydroxylation is 1.